The Kier molecular flexibility index (Phi) is 74.9. The van der Waals surface area contributed by atoms with E-state index in [4.69, 9.17) is 0 Å². The molecule has 0 heterocycles. The molecule has 0 bridgehead atoms. The minimum Gasteiger partial charge on any atom is -0.0844 e. The maximum atomic E-state index is 2.48. The number of unbranched alkanes of at least 4 members (excludes halogenated alkanes) is 1. The van der Waals surface area contributed by atoms with Crippen molar-refractivity contribution in [2.45, 2.75) is 209 Å². The van der Waals surface area contributed by atoms with E-state index < -0.39 is 0 Å². The number of hydrogen-bond acceptors (Lipinski definition) is 0. The molecule has 2 aliphatic rings. The van der Waals surface area contributed by atoms with Crippen LogP contribution in [0.5, 0.6) is 0 Å². The van der Waals surface area contributed by atoms with Crippen molar-refractivity contribution in [3.8, 4) is 0 Å². The number of hydrogen-bond donors (Lipinski definition) is 0. The zero-order chi connectivity index (χ0) is 31.1. The lowest BCUT2D eigenvalue weighted by molar-refractivity contribution is 0.172. The van der Waals surface area contributed by atoms with Gasteiger partial charge < -0.3 is 0 Å². The summed E-state index contributed by atoms with van der Waals surface area (Å²) in [7, 11) is 0. The molecule has 0 radical (unpaired) electrons. The quantitative estimate of drug-likeness (QED) is 0.274. The van der Waals surface area contributed by atoms with Crippen LogP contribution in [-0.2, 0) is 0 Å². The van der Waals surface area contributed by atoms with Crippen molar-refractivity contribution in [3.05, 3.63) is 12.2 Å². The van der Waals surface area contributed by atoms with Gasteiger partial charge >= 0.3 is 0 Å². The normalized spacial score (nSPS) is 16.4. The van der Waals surface area contributed by atoms with Crippen LogP contribution in [0.1, 0.15) is 209 Å². The molecule has 0 heteroatoms. The van der Waals surface area contributed by atoms with E-state index in [2.05, 4.69) is 74.5 Å². The summed E-state index contributed by atoms with van der Waals surface area (Å²) in [4.78, 5) is 0. The van der Waals surface area contributed by atoms with Crippen molar-refractivity contribution in [1.82, 2.24) is 0 Å². The van der Waals surface area contributed by atoms with E-state index in [1.54, 1.807) is 0 Å². The fraction of sp³-hybridized carbons (Fsp3) is 0.946. The first-order chi connectivity index (χ1) is 17.9. The third kappa shape index (κ3) is 43.1. The SMILES string of the molecule is C1=CC1.CC.CC.CC.CC.CC.CCC.CCCC1CCC(CC)C1(C)C.CCCCC(CC)CC. The Morgan fingerprint density at radius 3 is 1.19 bits per heavy atom. The fourth-order valence-electron chi connectivity index (χ4n) is 4.26. The van der Waals surface area contributed by atoms with Crippen molar-refractivity contribution in [2.24, 2.45) is 23.2 Å². The van der Waals surface area contributed by atoms with Crippen molar-refractivity contribution in [2.75, 3.05) is 0 Å². The van der Waals surface area contributed by atoms with Gasteiger partial charge in [-0.2, -0.15) is 0 Å². The fourth-order valence-corrected chi connectivity index (χ4v) is 4.26. The van der Waals surface area contributed by atoms with Crippen LogP contribution in [0.4, 0.5) is 0 Å². The van der Waals surface area contributed by atoms with Crippen LogP contribution in [0, 0.1) is 23.2 Å². The Bertz CT molecular complexity index is 304. The van der Waals surface area contributed by atoms with E-state index in [0.717, 1.165) is 17.8 Å². The molecule has 234 valence electrons. The second-order valence-electron chi connectivity index (χ2n) is 9.23. The Labute approximate surface area is 243 Å². The molecule has 1 saturated carbocycles. The molecular formula is C37H86. The lowest BCUT2D eigenvalue weighted by Crippen LogP contribution is -2.24. The summed E-state index contributed by atoms with van der Waals surface area (Å²) in [5.74, 6) is 3.01. The predicted molar refractivity (Wildman–Crippen MR) is 185 cm³/mol. The maximum absolute atomic E-state index is 2.48. The smallest absolute Gasteiger partial charge is 0.0169 e. The van der Waals surface area contributed by atoms with Gasteiger partial charge in [0.2, 0.25) is 0 Å². The Morgan fingerprint density at radius 2 is 0.973 bits per heavy atom. The molecule has 2 rings (SSSR count). The molecule has 0 aliphatic heterocycles. The highest BCUT2D eigenvalue weighted by Gasteiger charge is 2.40. The number of allylic oxidation sites excluding steroid dienone is 2. The van der Waals surface area contributed by atoms with Gasteiger partial charge in [-0.05, 0) is 42.4 Å². The standard InChI is InChI=1S/C12H24.C9H20.C3H4.C3H8.5C2H6/c1-5-7-11-9-8-10(6-2)12(11,3)4;1-4-7-8-9(5-2)6-3;1-2-3-1;1-3-2;5*1-2/h10-11H,5-9H2,1-4H3;9H,4-8H2,1-3H3;1-2H,3H2;3H2,1-2H3;5*1-2H3. The molecule has 0 amide bonds. The highest BCUT2D eigenvalue weighted by atomic mass is 14.5. The van der Waals surface area contributed by atoms with Crippen LogP contribution in [0.25, 0.3) is 0 Å². The summed E-state index contributed by atoms with van der Waals surface area (Å²) in [6.45, 7) is 40.7. The molecule has 2 atom stereocenters. The van der Waals surface area contributed by atoms with Gasteiger partial charge in [-0.3, -0.25) is 0 Å². The van der Waals surface area contributed by atoms with Crippen LogP contribution in [0.15, 0.2) is 12.2 Å². The molecule has 2 aliphatic carbocycles. The molecule has 0 aromatic heterocycles. The second-order valence-corrected chi connectivity index (χ2v) is 9.23. The lowest BCUT2D eigenvalue weighted by Gasteiger charge is -2.32. The highest BCUT2D eigenvalue weighted by molar-refractivity contribution is 5.02. The van der Waals surface area contributed by atoms with Crippen LogP contribution in [-0.4, -0.2) is 0 Å². The molecule has 2 unspecified atom stereocenters. The van der Waals surface area contributed by atoms with Crippen LogP contribution in [0.3, 0.4) is 0 Å². The third-order valence-electron chi connectivity index (χ3n) is 6.45. The van der Waals surface area contributed by atoms with Crippen LogP contribution >= 0.6 is 0 Å². The lowest BCUT2D eigenvalue weighted by atomic mass is 9.73. The minimum atomic E-state index is 0.630. The van der Waals surface area contributed by atoms with Gasteiger partial charge in [-0.1, -0.05) is 201 Å². The first-order valence-electron chi connectivity index (χ1n) is 17.5. The first-order valence-corrected chi connectivity index (χ1v) is 17.5. The monoisotopic (exact) mass is 531 g/mol. The van der Waals surface area contributed by atoms with E-state index in [0.29, 0.717) is 5.41 Å². The van der Waals surface area contributed by atoms with Gasteiger partial charge in [0.25, 0.3) is 0 Å². The number of rotatable bonds is 8. The van der Waals surface area contributed by atoms with Crippen molar-refractivity contribution in [1.29, 1.82) is 0 Å². The average molecular weight is 531 g/mol. The average Bonchev–Trinajstić information content (AvgIpc) is 3.82. The summed E-state index contributed by atoms with van der Waals surface area (Å²) >= 11 is 0. The van der Waals surface area contributed by atoms with Gasteiger partial charge in [0, 0.05) is 0 Å². The second kappa shape index (κ2) is 52.2. The topological polar surface area (TPSA) is 0 Å². The zero-order valence-corrected chi connectivity index (χ0v) is 30.9. The third-order valence-corrected chi connectivity index (χ3v) is 6.45. The largest absolute Gasteiger partial charge is 0.0844 e. The predicted octanol–water partition coefficient (Wildman–Crippen LogP) is 15.4. The molecular weight excluding hydrogens is 444 g/mol. The van der Waals surface area contributed by atoms with Gasteiger partial charge in [0.15, 0.2) is 0 Å². The molecule has 1 fully saturated rings. The van der Waals surface area contributed by atoms with Crippen LogP contribution < -0.4 is 0 Å². The Morgan fingerprint density at radius 1 is 0.622 bits per heavy atom. The summed E-state index contributed by atoms with van der Waals surface area (Å²) in [6.07, 6.45) is 20.9. The summed E-state index contributed by atoms with van der Waals surface area (Å²) in [6, 6.07) is 0. The molecule has 0 N–H and O–H groups in total. The molecule has 0 aromatic carbocycles. The van der Waals surface area contributed by atoms with Crippen LogP contribution in [0.2, 0.25) is 0 Å². The van der Waals surface area contributed by atoms with E-state index >= 15 is 0 Å². The molecule has 0 aromatic rings. The minimum absolute atomic E-state index is 0.630. The van der Waals surface area contributed by atoms with Gasteiger partial charge in [0.05, 0.1) is 0 Å². The highest BCUT2D eigenvalue weighted by Crippen LogP contribution is 2.50. The summed E-state index contributed by atoms with van der Waals surface area (Å²) in [5.41, 5.74) is 0.630. The van der Waals surface area contributed by atoms with E-state index in [1.807, 2.05) is 69.2 Å². The summed E-state index contributed by atoms with van der Waals surface area (Å²) in [5, 5.41) is 0. The van der Waals surface area contributed by atoms with Crippen molar-refractivity contribution in [3.63, 3.8) is 0 Å². The van der Waals surface area contributed by atoms with Crippen molar-refractivity contribution < 1.29 is 0 Å². The Hall–Kier alpha value is -0.260. The molecule has 0 saturated heterocycles. The summed E-state index contributed by atoms with van der Waals surface area (Å²) < 4.78 is 0. The molecule has 37 heavy (non-hydrogen) atoms. The maximum Gasteiger partial charge on any atom is -0.0169 e. The Balaban J connectivity index is -0.0000000633. The van der Waals surface area contributed by atoms with E-state index in [-0.39, 0.29) is 0 Å². The molecule has 0 nitrogen and oxygen atoms in total. The van der Waals surface area contributed by atoms with E-state index in [1.165, 1.54) is 77.0 Å². The first kappa shape index (κ1) is 53.1. The zero-order valence-electron chi connectivity index (χ0n) is 30.9. The molecule has 0 spiro atoms. The van der Waals surface area contributed by atoms with Crippen molar-refractivity contribution >= 4 is 0 Å². The van der Waals surface area contributed by atoms with Gasteiger partial charge in [-0.25, -0.2) is 0 Å². The van der Waals surface area contributed by atoms with Gasteiger partial charge in [-0.15, -0.1) is 0 Å². The van der Waals surface area contributed by atoms with Gasteiger partial charge in [0.1, 0.15) is 0 Å². The van der Waals surface area contributed by atoms with E-state index in [9.17, 15) is 0 Å².